The first-order valence-electron chi connectivity index (χ1n) is 6.28. The minimum absolute atomic E-state index is 0.0613. The Kier molecular flexibility index (Phi) is 5.74. The third-order valence-electron chi connectivity index (χ3n) is 2.99. The van der Waals surface area contributed by atoms with Crippen molar-refractivity contribution in [1.82, 2.24) is 5.32 Å². The highest BCUT2D eigenvalue weighted by atomic mass is 35.5. The first-order valence-corrected chi connectivity index (χ1v) is 7.79. The first kappa shape index (κ1) is 18.3. The molecule has 0 saturated heterocycles. The molecular weight excluding hydrogens is 390 g/mol. The van der Waals surface area contributed by atoms with Crippen molar-refractivity contribution in [2.75, 3.05) is 6.54 Å². The van der Waals surface area contributed by atoms with Crippen molar-refractivity contribution in [3.63, 3.8) is 0 Å². The van der Waals surface area contributed by atoms with Crippen LogP contribution in [0.3, 0.4) is 0 Å². The summed E-state index contributed by atoms with van der Waals surface area (Å²) < 4.78 is 28.4. The minimum atomic E-state index is -3.38. The third kappa shape index (κ3) is 4.27. The number of carbonyl (C=O) groups excluding carboxylic acids is 1. The molecular formula is C15H9Cl4F2NO. The van der Waals surface area contributed by atoms with Crippen molar-refractivity contribution >= 4 is 52.3 Å². The second kappa shape index (κ2) is 7.22. The molecule has 2 aromatic rings. The van der Waals surface area contributed by atoms with Gasteiger partial charge in [0.25, 0.3) is 11.8 Å². The lowest BCUT2D eigenvalue weighted by Crippen LogP contribution is -2.35. The van der Waals surface area contributed by atoms with Crippen LogP contribution in [0.5, 0.6) is 0 Å². The quantitative estimate of drug-likeness (QED) is 0.690. The zero-order chi connectivity index (χ0) is 17.2. The zero-order valence-corrected chi connectivity index (χ0v) is 14.4. The van der Waals surface area contributed by atoms with Gasteiger partial charge in [-0.1, -0.05) is 52.5 Å². The molecule has 23 heavy (non-hydrogen) atoms. The van der Waals surface area contributed by atoms with Crippen LogP contribution in [0.25, 0.3) is 0 Å². The maximum atomic E-state index is 14.2. The van der Waals surface area contributed by atoms with Gasteiger partial charge in [0.15, 0.2) is 0 Å². The summed E-state index contributed by atoms with van der Waals surface area (Å²) in [4.78, 5) is 12.0. The predicted molar refractivity (Wildman–Crippen MR) is 89.2 cm³/mol. The van der Waals surface area contributed by atoms with Crippen molar-refractivity contribution in [3.05, 3.63) is 67.6 Å². The largest absolute Gasteiger partial charge is 0.346 e. The molecule has 8 heteroatoms. The van der Waals surface area contributed by atoms with Crippen LogP contribution in [0.2, 0.25) is 20.1 Å². The van der Waals surface area contributed by atoms with Crippen molar-refractivity contribution in [1.29, 1.82) is 0 Å². The SMILES string of the molecule is O=C(NCC(F)(F)c1ccc(Cl)cc1Cl)c1c(Cl)cccc1Cl. The third-order valence-corrected chi connectivity index (χ3v) is 4.16. The van der Waals surface area contributed by atoms with E-state index in [-0.39, 0.29) is 25.7 Å². The summed E-state index contributed by atoms with van der Waals surface area (Å²) in [6.07, 6.45) is 0. The van der Waals surface area contributed by atoms with Gasteiger partial charge in [-0.2, -0.15) is 8.78 Å². The van der Waals surface area contributed by atoms with Gasteiger partial charge in [0.2, 0.25) is 0 Å². The van der Waals surface area contributed by atoms with Crippen LogP contribution in [0.1, 0.15) is 15.9 Å². The van der Waals surface area contributed by atoms with Gasteiger partial charge in [-0.25, -0.2) is 0 Å². The smallest absolute Gasteiger partial charge is 0.291 e. The number of alkyl halides is 2. The van der Waals surface area contributed by atoms with E-state index in [2.05, 4.69) is 5.32 Å². The lowest BCUT2D eigenvalue weighted by molar-refractivity contribution is -0.00236. The molecule has 0 fully saturated rings. The highest BCUT2D eigenvalue weighted by molar-refractivity contribution is 6.39. The van der Waals surface area contributed by atoms with Crippen LogP contribution < -0.4 is 5.32 Å². The Bertz CT molecular complexity index is 732. The van der Waals surface area contributed by atoms with E-state index in [4.69, 9.17) is 46.4 Å². The van der Waals surface area contributed by atoms with Crippen LogP contribution in [0, 0.1) is 0 Å². The van der Waals surface area contributed by atoms with Crippen LogP contribution in [-0.2, 0) is 5.92 Å². The van der Waals surface area contributed by atoms with E-state index in [1.807, 2.05) is 0 Å². The average Bonchev–Trinajstić information content (AvgIpc) is 2.44. The summed E-state index contributed by atoms with van der Waals surface area (Å²) in [5, 5.41) is 2.31. The van der Waals surface area contributed by atoms with Gasteiger partial charge in [0, 0.05) is 10.6 Å². The predicted octanol–water partition coefficient (Wildman–Crippen LogP) is 5.82. The Hall–Kier alpha value is -1.07. The van der Waals surface area contributed by atoms with Gasteiger partial charge in [0.1, 0.15) is 0 Å². The molecule has 122 valence electrons. The molecule has 1 amide bonds. The van der Waals surface area contributed by atoms with Crippen LogP contribution in [0.4, 0.5) is 8.78 Å². The molecule has 0 aliphatic carbocycles. The molecule has 0 spiro atoms. The van der Waals surface area contributed by atoms with E-state index >= 15 is 0 Å². The molecule has 1 N–H and O–H groups in total. The average molecular weight is 399 g/mol. The maximum absolute atomic E-state index is 14.2. The summed E-state index contributed by atoms with van der Waals surface area (Å²) in [5.41, 5.74) is -0.497. The van der Waals surface area contributed by atoms with Gasteiger partial charge in [-0.15, -0.1) is 0 Å². The minimum Gasteiger partial charge on any atom is -0.346 e. The lowest BCUT2D eigenvalue weighted by Gasteiger charge is -2.19. The van der Waals surface area contributed by atoms with E-state index < -0.39 is 23.9 Å². The Balaban J connectivity index is 2.17. The van der Waals surface area contributed by atoms with Crippen molar-refractivity contribution in [3.8, 4) is 0 Å². The van der Waals surface area contributed by atoms with Crippen molar-refractivity contribution in [2.24, 2.45) is 0 Å². The van der Waals surface area contributed by atoms with E-state index in [9.17, 15) is 13.6 Å². The van der Waals surface area contributed by atoms with Crippen molar-refractivity contribution in [2.45, 2.75) is 5.92 Å². The molecule has 0 aliphatic heterocycles. The highest BCUT2D eigenvalue weighted by Crippen LogP contribution is 2.34. The monoisotopic (exact) mass is 397 g/mol. The van der Waals surface area contributed by atoms with E-state index in [1.165, 1.54) is 24.3 Å². The second-order valence-electron chi connectivity index (χ2n) is 4.61. The number of amides is 1. The van der Waals surface area contributed by atoms with Crippen LogP contribution in [0.15, 0.2) is 36.4 Å². The number of nitrogens with one attached hydrogen (secondary N) is 1. The number of halogens is 6. The standard InChI is InChI=1S/C15H9Cl4F2NO/c16-8-4-5-9(12(19)6-8)15(20,21)7-22-14(23)13-10(17)2-1-3-11(13)18/h1-6H,7H2,(H,22,23). The Morgan fingerprint density at radius 2 is 1.61 bits per heavy atom. The molecule has 0 unspecified atom stereocenters. The number of hydrogen-bond donors (Lipinski definition) is 1. The van der Waals surface area contributed by atoms with E-state index in [1.54, 1.807) is 6.07 Å². The van der Waals surface area contributed by atoms with Gasteiger partial charge < -0.3 is 5.32 Å². The lowest BCUT2D eigenvalue weighted by atomic mass is 10.1. The van der Waals surface area contributed by atoms with E-state index in [0.717, 1.165) is 6.07 Å². The molecule has 2 rings (SSSR count). The Morgan fingerprint density at radius 1 is 1.00 bits per heavy atom. The molecule has 2 nitrogen and oxygen atoms in total. The summed E-state index contributed by atoms with van der Waals surface area (Å²) >= 11 is 23.2. The van der Waals surface area contributed by atoms with Crippen LogP contribution in [-0.4, -0.2) is 12.5 Å². The zero-order valence-electron chi connectivity index (χ0n) is 11.3. The van der Waals surface area contributed by atoms with Gasteiger partial charge in [-0.3, -0.25) is 4.79 Å². The molecule has 0 bridgehead atoms. The van der Waals surface area contributed by atoms with Gasteiger partial charge in [0.05, 0.1) is 27.2 Å². The maximum Gasteiger partial charge on any atom is 0.291 e. The molecule has 0 heterocycles. The summed E-state index contributed by atoms with van der Waals surface area (Å²) in [7, 11) is 0. The number of hydrogen-bond acceptors (Lipinski definition) is 1. The van der Waals surface area contributed by atoms with Crippen molar-refractivity contribution < 1.29 is 13.6 Å². The number of benzene rings is 2. The van der Waals surface area contributed by atoms with Gasteiger partial charge in [-0.05, 0) is 30.3 Å². The number of carbonyl (C=O) groups is 1. The molecule has 0 radical (unpaired) electrons. The summed E-state index contributed by atoms with van der Waals surface area (Å²) in [6.45, 7) is -0.964. The summed E-state index contributed by atoms with van der Waals surface area (Å²) in [5.74, 6) is -4.18. The fourth-order valence-corrected chi connectivity index (χ4v) is 2.99. The topological polar surface area (TPSA) is 29.1 Å². The normalized spacial score (nSPS) is 11.4. The van der Waals surface area contributed by atoms with Crippen LogP contribution >= 0.6 is 46.4 Å². The first-order chi connectivity index (χ1) is 10.7. The molecule has 0 aliphatic rings. The molecule has 0 saturated carbocycles. The molecule has 2 aromatic carbocycles. The molecule has 0 atom stereocenters. The van der Waals surface area contributed by atoms with Gasteiger partial charge >= 0.3 is 0 Å². The number of rotatable bonds is 4. The Labute approximate surface area is 151 Å². The fraction of sp³-hybridized carbons (Fsp3) is 0.133. The molecule has 0 aromatic heterocycles. The fourth-order valence-electron chi connectivity index (χ4n) is 1.88. The van der Waals surface area contributed by atoms with E-state index in [0.29, 0.717) is 0 Å². The summed E-state index contributed by atoms with van der Waals surface area (Å²) in [6, 6.07) is 8.04. The second-order valence-corrected chi connectivity index (χ2v) is 6.27. The highest BCUT2D eigenvalue weighted by Gasteiger charge is 2.34. The Morgan fingerprint density at radius 3 is 2.17 bits per heavy atom.